The van der Waals surface area contributed by atoms with E-state index in [1.54, 1.807) is 6.08 Å². The topological polar surface area (TPSA) is 41.1 Å². The van der Waals surface area contributed by atoms with E-state index < -0.39 is 0 Å². The predicted molar refractivity (Wildman–Crippen MR) is 147 cm³/mol. The number of rotatable bonds is 6. The molecule has 0 aliphatic rings. The number of hydrogen-bond acceptors (Lipinski definition) is 2. The molecule has 0 unspecified atom stereocenters. The Morgan fingerprint density at radius 2 is 1.39 bits per heavy atom. The van der Waals surface area contributed by atoms with E-state index >= 15 is 0 Å². The van der Waals surface area contributed by atoms with E-state index in [0.29, 0.717) is 5.70 Å². The quantitative estimate of drug-likeness (QED) is 0.334. The monoisotopic (exact) mass is 454 g/mol. The van der Waals surface area contributed by atoms with E-state index in [2.05, 4.69) is 84.4 Å². The first kappa shape index (κ1) is 34.2. The molecule has 0 bridgehead atoms. The lowest BCUT2D eigenvalue weighted by molar-refractivity contribution is -0.118. The molecule has 0 saturated carbocycles. The zero-order chi connectivity index (χ0) is 26.8. The van der Waals surface area contributed by atoms with Crippen LogP contribution in [0.5, 0.6) is 0 Å². The summed E-state index contributed by atoms with van der Waals surface area (Å²) < 4.78 is 10.8. The van der Waals surface area contributed by atoms with Gasteiger partial charge in [0.15, 0.2) is 0 Å². The van der Waals surface area contributed by atoms with Crippen LogP contribution in [-0.4, -0.2) is 5.91 Å². The van der Waals surface area contributed by atoms with Gasteiger partial charge in [-0.05, 0) is 50.0 Å². The Bertz CT molecular complexity index is 833. The van der Waals surface area contributed by atoms with Crippen LogP contribution in [0.15, 0.2) is 111 Å². The van der Waals surface area contributed by atoms with Gasteiger partial charge in [0.2, 0.25) is 5.91 Å². The zero-order valence-corrected chi connectivity index (χ0v) is 21.7. The SMILES string of the molecule is C=C.C=C(/C=C(\C)C(C)(C)C)NC(C)=O.C=C(C)F.C=CC(=C)C(=C)Nc1ccc(C)cc1. The molecule has 4 heteroatoms. The summed E-state index contributed by atoms with van der Waals surface area (Å²) in [5, 5.41) is 5.79. The summed E-state index contributed by atoms with van der Waals surface area (Å²) in [5.74, 6) is -0.414. The van der Waals surface area contributed by atoms with Gasteiger partial charge in [-0.1, -0.05) is 83.0 Å². The summed E-state index contributed by atoms with van der Waals surface area (Å²) in [6.45, 7) is 37.2. The largest absolute Gasteiger partial charge is 0.356 e. The molecule has 0 saturated heterocycles. The van der Waals surface area contributed by atoms with Crippen molar-refractivity contribution in [2.24, 2.45) is 5.41 Å². The number of hydrogen-bond donors (Lipinski definition) is 2. The van der Waals surface area contributed by atoms with Gasteiger partial charge in [0.1, 0.15) is 0 Å². The van der Waals surface area contributed by atoms with Crippen molar-refractivity contribution in [1.29, 1.82) is 0 Å². The van der Waals surface area contributed by atoms with Crippen LogP contribution >= 0.6 is 0 Å². The van der Waals surface area contributed by atoms with Gasteiger partial charge in [-0.25, -0.2) is 4.39 Å². The minimum Gasteiger partial charge on any atom is -0.356 e. The summed E-state index contributed by atoms with van der Waals surface area (Å²) in [7, 11) is 0. The highest BCUT2D eigenvalue weighted by molar-refractivity contribution is 5.75. The van der Waals surface area contributed by atoms with Crippen molar-refractivity contribution in [3.63, 3.8) is 0 Å². The van der Waals surface area contributed by atoms with Crippen molar-refractivity contribution in [2.45, 2.75) is 48.5 Å². The number of anilines is 1. The van der Waals surface area contributed by atoms with Gasteiger partial charge in [-0.15, -0.1) is 13.2 Å². The van der Waals surface area contributed by atoms with Crippen LogP contribution < -0.4 is 10.6 Å². The van der Waals surface area contributed by atoms with Crippen molar-refractivity contribution in [3.05, 3.63) is 116 Å². The molecule has 0 aliphatic heterocycles. The Labute approximate surface area is 201 Å². The van der Waals surface area contributed by atoms with Crippen LogP contribution in [-0.2, 0) is 4.79 Å². The smallest absolute Gasteiger partial charge is 0.221 e. The number of carbonyl (C=O) groups is 1. The molecule has 1 rings (SSSR count). The number of allylic oxidation sites excluding steroid dienone is 4. The van der Waals surface area contributed by atoms with Crippen LogP contribution in [0.2, 0.25) is 0 Å². The van der Waals surface area contributed by atoms with E-state index in [9.17, 15) is 9.18 Å². The Morgan fingerprint density at radius 3 is 1.73 bits per heavy atom. The van der Waals surface area contributed by atoms with Gasteiger partial charge >= 0.3 is 0 Å². The predicted octanol–water partition coefficient (Wildman–Crippen LogP) is 8.58. The Morgan fingerprint density at radius 1 is 0.970 bits per heavy atom. The zero-order valence-electron chi connectivity index (χ0n) is 21.7. The van der Waals surface area contributed by atoms with Crippen molar-refractivity contribution < 1.29 is 9.18 Å². The fourth-order valence-corrected chi connectivity index (χ4v) is 1.75. The lowest BCUT2D eigenvalue weighted by atomic mass is 9.87. The van der Waals surface area contributed by atoms with Gasteiger partial charge in [-0.2, -0.15) is 0 Å². The maximum Gasteiger partial charge on any atom is 0.221 e. The third kappa shape index (κ3) is 21.6. The lowest BCUT2D eigenvalue weighted by Crippen LogP contribution is -2.18. The molecule has 1 aromatic rings. The number of carbonyl (C=O) groups excluding carboxylic acids is 1. The highest BCUT2D eigenvalue weighted by atomic mass is 19.1. The minimum atomic E-state index is -0.333. The van der Waals surface area contributed by atoms with Gasteiger partial charge in [0.25, 0.3) is 0 Å². The van der Waals surface area contributed by atoms with Crippen molar-refractivity contribution in [1.82, 2.24) is 5.32 Å². The molecule has 2 N–H and O–H groups in total. The average Bonchev–Trinajstić information content (AvgIpc) is 2.69. The van der Waals surface area contributed by atoms with E-state index in [-0.39, 0.29) is 17.1 Å². The molecule has 1 amide bonds. The Kier molecular flexibility index (Phi) is 18.9. The first-order chi connectivity index (χ1) is 15.1. The molecule has 33 heavy (non-hydrogen) atoms. The number of amides is 1. The normalized spacial score (nSPS) is 9.76. The standard InChI is InChI=1S/C13H15N.C11H19NO.C3H5F.C2H4/c1-5-11(3)12(4)14-13-8-6-10(2)7-9-13;1-8(11(4,5)6)7-9(2)12-10(3)13;1-3(2)4;1-2/h5-9,14H,1,3-4H2,2H3;7H,2H2,1,3-6H3,(H,12,13);1H2,2H3;1-2H2/b;8-7+;;. The highest BCUT2D eigenvalue weighted by Gasteiger charge is 2.12. The maximum absolute atomic E-state index is 10.8. The summed E-state index contributed by atoms with van der Waals surface area (Å²) in [5.41, 5.74) is 5.83. The molecule has 0 fully saturated rings. The van der Waals surface area contributed by atoms with Crippen LogP contribution in [0.1, 0.15) is 47.1 Å². The molecule has 3 nitrogen and oxygen atoms in total. The van der Waals surface area contributed by atoms with E-state index in [1.165, 1.54) is 25.0 Å². The minimum absolute atomic E-state index is 0.0806. The first-order valence-corrected chi connectivity index (χ1v) is 10.4. The van der Waals surface area contributed by atoms with Crippen LogP contribution in [0.3, 0.4) is 0 Å². The second kappa shape index (κ2) is 18.2. The summed E-state index contributed by atoms with van der Waals surface area (Å²) in [6.07, 6.45) is 3.59. The highest BCUT2D eigenvalue weighted by Crippen LogP contribution is 2.24. The third-order valence-corrected chi connectivity index (χ3v) is 3.89. The molecule has 0 atom stereocenters. The molecule has 0 spiro atoms. The molecule has 182 valence electrons. The molecule has 0 radical (unpaired) electrons. The summed E-state index contributed by atoms with van der Waals surface area (Å²) in [6, 6.07) is 8.12. The lowest BCUT2D eigenvalue weighted by Gasteiger charge is -2.19. The molecule has 1 aromatic carbocycles. The van der Waals surface area contributed by atoms with Gasteiger partial charge < -0.3 is 10.6 Å². The Balaban J connectivity index is -0.000000442. The average molecular weight is 455 g/mol. The first-order valence-electron chi connectivity index (χ1n) is 10.4. The Hall–Kier alpha value is -3.40. The van der Waals surface area contributed by atoms with Crippen LogP contribution in [0.25, 0.3) is 0 Å². The molecule has 0 aliphatic carbocycles. The molecule has 0 heterocycles. The fourth-order valence-electron chi connectivity index (χ4n) is 1.75. The maximum atomic E-state index is 10.8. The summed E-state index contributed by atoms with van der Waals surface area (Å²) in [4.78, 5) is 10.7. The number of aryl methyl sites for hydroxylation is 1. The number of nitrogens with one attached hydrogen (secondary N) is 2. The molecular formula is C29H43FN2O. The molecular weight excluding hydrogens is 411 g/mol. The fraction of sp³-hybridized carbons (Fsp3) is 0.276. The van der Waals surface area contributed by atoms with E-state index in [4.69, 9.17) is 0 Å². The van der Waals surface area contributed by atoms with Crippen LogP contribution in [0, 0.1) is 12.3 Å². The van der Waals surface area contributed by atoms with E-state index in [0.717, 1.165) is 17.0 Å². The second-order valence-electron chi connectivity index (χ2n) is 8.16. The van der Waals surface area contributed by atoms with Gasteiger partial charge in [0.05, 0.1) is 5.83 Å². The summed E-state index contributed by atoms with van der Waals surface area (Å²) >= 11 is 0. The van der Waals surface area contributed by atoms with Gasteiger partial charge in [-0.3, -0.25) is 4.79 Å². The van der Waals surface area contributed by atoms with E-state index in [1.807, 2.05) is 37.3 Å². The number of benzene rings is 1. The van der Waals surface area contributed by atoms with Crippen LogP contribution in [0.4, 0.5) is 10.1 Å². The third-order valence-electron chi connectivity index (χ3n) is 3.89. The van der Waals surface area contributed by atoms with Crippen molar-refractivity contribution >= 4 is 11.6 Å². The van der Waals surface area contributed by atoms with Crippen molar-refractivity contribution in [2.75, 3.05) is 5.32 Å². The second-order valence-corrected chi connectivity index (χ2v) is 8.16. The number of halogens is 1. The van der Waals surface area contributed by atoms with Crippen molar-refractivity contribution in [3.8, 4) is 0 Å². The molecule has 0 aromatic heterocycles. The van der Waals surface area contributed by atoms with Gasteiger partial charge in [0, 0.05) is 24.0 Å².